The predicted octanol–water partition coefficient (Wildman–Crippen LogP) is 17.5. The molecule has 2 heteroatoms. The summed E-state index contributed by atoms with van der Waals surface area (Å²) in [5.41, 5.74) is 19.5. The van der Waals surface area contributed by atoms with Crippen LogP contribution < -0.4 is 4.90 Å². The molecular formula is C64H46N2. The van der Waals surface area contributed by atoms with Crippen LogP contribution in [0.2, 0.25) is 0 Å². The number of nitrogens with zero attached hydrogens (tertiary/aromatic N) is 2. The fourth-order valence-corrected chi connectivity index (χ4v) is 10.2. The Kier molecular flexibility index (Phi) is 10.0. The van der Waals surface area contributed by atoms with E-state index in [2.05, 4.69) is 264 Å². The van der Waals surface area contributed by atoms with Gasteiger partial charge in [-0.25, -0.2) is 0 Å². The van der Waals surface area contributed by atoms with E-state index in [1.807, 2.05) is 0 Å². The third kappa shape index (κ3) is 7.10. The molecule has 0 N–H and O–H groups in total. The Labute approximate surface area is 386 Å². The SMILES string of the molecule is C1=C(c2ccc(-c3ccccc3)cc2)CCC(N(c2ccc(-c3ccccc3-c3ccccc3)cc2)c2cccc(-c3cc4ccccc4c4c3c3ccccc3n4-c3ccccc3)c2)=C1. The van der Waals surface area contributed by atoms with Crippen molar-refractivity contribution in [3.63, 3.8) is 0 Å². The van der Waals surface area contributed by atoms with E-state index in [0.717, 1.165) is 29.9 Å². The summed E-state index contributed by atoms with van der Waals surface area (Å²) in [5.74, 6) is 0. The maximum atomic E-state index is 2.48. The van der Waals surface area contributed by atoms with Gasteiger partial charge in [-0.1, -0.05) is 200 Å². The van der Waals surface area contributed by atoms with Crippen LogP contribution in [0.1, 0.15) is 18.4 Å². The number of hydrogen-bond donors (Lipinski definition) is 0. The van der Waals surface area contributed by atoms with Crippen LogP contribution in [-0.4, -0.2) is 4.57 Å². The Hall–Kier alpha value is -8.46. The molecule has 0 saturated heterocycles. The molecule has 1 aromatic heterocycles. The van der Waals surface area contributed by atoms with Crippen molar-refractivity contribution in [3.05, 3.63) is 266 Å². The lowest BCUT2D eigenvalue weighted by atomic mass is 9.92. The second-order valence-electron chi connectivity index (χ2n) is 17.2. The molecule has 0 aliphatic heterocycles. The topological polar surface area (TPSA) is 8.17 Å². The summed E-state index contributed by atoms with van der Waals surface area (Å²) >= 11 is 0. The lowest BCUT2D eigenvalue weighted by molar-refractivity contribution is 0.930. The quantitative estimate of drug-likeness (QED) is 0.141. The molecule has 312 valence electrons. The number of anilines is 2. The van der Waals surface area contributed by atoms with Crippen LogP contribution in [0, 0.1) is 0 Å². The first-order valence-electron chi connectivity index (χ1n) is 23.0. The highest BCUT2D eigenvalue weighted by Crippen LogP contribution is 2.45. The van der Waals surface area contributed by atoms with Crippen LogP contribution in [0.15, 0.2) is 261 Å². The number of rotatable bonds is 9. The van der Waals surface area contributed by atoms with Gasteiger partial charge in [-0.05, 0) is 128 Å². The van der Waals surface area contributed by atoms with E-state index in [-0.39, 0.29) is 0 Å². The molecule has 1 aliphatic carbocycles. The number of aromatic nitrogens is 1. The first-order valence-corrected chi connectivity index (χ1v) is 23.0. The number of hydrogen-bond acceptors (Lipinski definition) is 1. The van der Waals surface area contributed by atoms with E-state index < -0.39 is 0 Å². The minimum atomic E-state index is 0.903. The fourth-order valence-electron chi connectivity index (χ4n) is 10.2. The monoisotopic (exact) mass is 842 g/mol. The molecule has 0 amide bonds. The van der Waals surface area contributed by atoms with Crippen LogP contribution in [-0.2, 0) is 0 Å². The second kappa shape index (κ2) is 16.9. The second-order valence-corrected chi connectivity index (χ2v) is 17.2. The van der Waals surface area contributed by atoms with Crippen LogP contribution in [0.25, 0.3) is 88.3 Å². The molecule has 1 heterocycles. The predicted molar refractivity (Wildman–Crippen MR) is 280 cm³/mol. The number of allylic oxidation sites excluding steroid dienone is 4. The number of para-hydroxylation sites is 2. The van der Waals surface area contributed by atoms with Crippen LogP contribution >= 0.6 is 0 Å². The lowest BCUT2D eigenvalue weighted by Gasteiger charge is -2.30. The molecule has 0 atom stereocenters. The molecule has 10 aromatic carbocycles. The maximum Gasteiger partial charge on any atom is 0.0625 e. The molecule has 0 spiro atoms. The third-order valence-corrected chi connectivity index (χ3v) is 13.3. The van der Waals surface area contributed by atoms with Gasteiger partial charge in [0.05, 0.1) is 11.0 Å². The normalized spacial score (nSPS) is 12.6. The van der Waals surface area contributed by atoms with Crippen molar-refractivity contribution in [3.8, 4) is 50.2 Å². The molecule has 66 heavy (non-hydrogen) atoms. The average Bonchev–Trinajstić information content (AvgIpc) is 3.75. The molecule has 1 aliphatic rings. The zero-order valence-corrected chi connectivity index (χ0v) is 36.6. The summed E-state index contributed by atoms with van der Waals surface area (Å²) < 4.78 is 2.45. The van der Waals surface area contributed by atoms with E-state index >= 15 is 0 Å². The Bertz CT molecular complexity index is 3600. The fraction of sp³-hybridized carbons (Fsp3) is 0.0312. The number of benzene rings is 10. The smallest absolute Gasteiger partial charge is 0.0625 e. The van der Waals surface area contributed by atoms with Gasteiger partial charge >= 0.3 is 0 Å². The summed E-state index contributed by atoms with van der Waals surface area (Å²) in [6.07, 6.45) is 6.53. The highest BCUT2D eigenvalue weighted by molar-refractivity contribution is 6.24. The first-order chi connectivity index (χ1) is 32.7. The van der Waals surface area contributed by atoms with Gasteiger partial charge in [0.25, 0.3) is 0 Å². The van der Waals surface area contributed by atoms with Crippen LogP contribution in [0.3, 0.4) is 0 Å². The number of fused-ring (bicyclic) bond motifs is 5. The van der Waals surface area contributed by atoms with E-state index in [1.54, 1.807) is 0 Å². The van der Waals surface area contributed by atoms with Gasteiger partial charge in [0.15, 0.2) is 0 Å². The van der Waals surface area contributed by atoms with Gasteiger partial charge in [0.2, 0.25) is 0 Å². The van der Waals surface area contributed by atoms with Gasteiger partial charge in [-0.3, -0.25) is 0 Å². The highest BCUT2D eigenvalue weighted by atomic mass is 15.1. The molecule has 0 fully saturated rings. The van der Waals surface area contributed by atoms with Crippen LogP contribution in [0.4, 0.5) is 11.4 Å². The first kappa shape index (κ1) is 39.2. The molecule has 11 aromatic rings. The average molecular weight is 843 g/mol. The van der Waals surface area contributed by atoms with Gasteiger partial charge in [0, 0.05) is 38.9 Å². The summed E-state index contributed by atoms with van der Waals surface area (Å²) in [7, 11) is 0. The zero-order valence-electron chi connectivity index (χ0n) is 36.6. The van der Waals surface area contributed by atoms with Crippen molar-refractivity contribution >= 4 is 49.5 Å². The van der Waals surface area contributed by atoms with Crippen molar-refractivity contribution in [2.45, 2.75) is 12.8 Å². The van der Waals surface area contributed by atoms with E-state index in [1.165, 1.54) is 93.9 Å². The Morgan fingerprint density at radius 2 is 0.909 bits per heavy atom. The Morgan fingerprint density at radius 3 is 1.62 bits per heavy atom. The minimum absolute atomic E-state index is 0.903. The molecule has 2 nitrogen and oxygen atoms in total. The molecule has 0 unspecified atom stereocenters. The van der Waals surface area contributed by atoms with Gasteiger partial charge in [0.1, 0.15) is 0 Å². The zero-order chi connectivity index (χ0) is 43.8. The summed E-state index contributed by atoms with van der Waals surface area (Å²) in [5, 5.41) is 4.97. The van der Waals surface area contributed by atoms with Crippen LogP contribution in [0.5, 0.6) is 0 Å². The van der Waals surface area contributed by atoms with Gasteiger partial charge in [-0.15, -0.1) is 0 Å². The van der Waals surface area contributed by atoms with Crippen molar-refractivity contribution in [2.24, 2.45) is 0 Å². The van der Waals surface area contributed by atoms with Crippen molar-refractivity contribution in [2.75, 3.05) is 4.90 Å². The van der Waals surface area contributed by atoms with E-state index in [4.69, 9.17) is 0 Å². The highest BCUT2D eigenvalue weighted by Gasteiger charge is 2.22. The Balaban J connectivity index is 0.999. The molecular weight excluding hydrogens is 797 g/mol. The lowest BCUT2D eigenvalue weighted by Crippen LogP contribution is -2.18. The summed E-state index contributed by atoms with van der Waals surface area (Å²) in [6, 6.07) is 88.4. The summed E-state index contributed by atoms with van der Waals surface area (Å²) in [4.78, 5) is 2.48. The van der Waals surface area contributed by atoms with Crippen molar-refractivity contribution < 1.29 is 0 Å². The molecule has 0 bridgehead atoms. The Morgan fingerprint density at radius 1 is 0.348 bits per heavy atom. The molecule has 12 rings (SSSR count). The largest absolute Gasteiger partial charge is 0.314 e. The van der Waals surface area contributed by atoms with Gasteiger partial charge in [-0.2, -0.15) is 0 Å². The minimum Gasteiger partial charge on any atom is -0.314 e. The van der Waals surface area contributed by atoms with E-state index in [0.29, 0.717) is 0 Å². The van der Waals surface area contributed by atoms with Crippen molar-refractivity contribution in [1.29, 1.82) is 0 Å². The maximum absolute atomic E-state index is 2.48. The molecule has 0 saturated carbocycles. The standard InChI is InChI=1S/C64H46N2/c1-4-17-45(18-5-1)46-31-33-47(34-32-46)48-35-39-54(40-36-48)65(55-41-37-50(38-42-55)58-27-13-12-26-57(58)49-19-6-2-7-20-49)56-25-16-22-51(43-56)61-44-52-21-10-11-28-59(52)64-63(61)60-29-14-15-30-62(60)66(64)53-23-8-3-9-24-53/h1-35,37-39,41-44H,36,40H2. The van der Waals surface area contributed by atoms with Crippen molar-refractivity contribution in [1.82, 2.24) is 4.57 Å². The third-order valence-electron chi connectivity index (χ3n) is 13.3. The van der Waals surface area contributed by atoms with Gasteiger partial charge < -0.3 is 9.47 Å². The van der Waals surface area contributed by atoms with E-state index in [9.17, 15) is 0 Å². The molecule has 0 radical (unpaired) electrons. The summed E-state index contributed by atoms with van der Waals surface area (Å²) in [6.45, 7) is 0.